The lowest BCUT2D eigenvalue weighted by atomic mass is 10.2. The minimum absolute atomic E-state index is 0.506. The van der Waals surface area contributed by atoms with E-state index in [0.717, 1.165) is 23.5 Å². The number of halogens is 1. The van der Waals surface area contributed by atoms with Crippen LogP contribution in [-0.2, 0) is 13.2 Å². The molecule has 0 amide bonds. The van der Waals surface area contributed by atoms with E-state index < -0.39 is 0 Å². The van der Waals surface area contributed by atoms with E-state index in [-0.39, 0.29) is 0 Å². The van der Waals surface area contributed by atoms with Crippen LogP contribution in [0.15, 0.2) is 29.6 Å². The van der Waals surface area contributed by atoms with Gasteiger partial charge in [-0.15, -0.1) is 11.3 Å². The Morgan fingerprint density at radius 1 is 1.29 bits per heavy atom. The molecule has 0 atom stereocenters. The highest BCUT2D eigenvalue weighted by Gasteiger charge is 2.13. The number of nitrogens with one attached hydrogen (secondary N) is 1. The molecule has 1 aromatic heterocycles. The number of benzene rings is 1. The first-order valence-electron chi connectivity index (χ1n) is 8.22. The number of thiophene rings is 1. The number of rotatable bonds is 10. The molecule has 0 aliphatic heterocycles. The van der Waals surface area contributed by atoms with Gasteiger partial charge in [0.05, 0.1) is 39.3 Å². The molecular weight excluding hydrogens is 344 g/mol. The predicted molar refractivity (Wildman–Crippen MR) is 99.4 cm³/mol. The topological polar surface area (TPSA) is 39.5 Å². The molecule has 132 valence electrons. The lowest BCUT2D eigenvalue weighted by molar-refractivity contribution is -0.860. The Morgan fingerprint density at radius 2 is 2.12 bits per heavy atom. The minimum Gasteiger partial charge on any atom is -0.493 e. The summed E-state index contributed by atoms with van der Waals surface area (Å²) in [6, 6.07) is 8.05. The maximum absolute atomic E-state index is 6.42. The second-order valence-corrected chi connectivity index (χ2v) is 7.51. The van der Waals surface area contributed by atoms with Crippen molar-refractivity contribution in [3.63, 3.8) is 0 Å². The first kappa shape index (κ1) is 19.1. The fraction of sp³-hybridized carbons (Fsp3) is 0.444. The summed E-state index contributed by atoms with van der Waals surface area (Å²) in [7, 11) is 6.01. The Hall–Kier alpha value is -1.27. The number of hydrogen-bond acceptors (Lipinski definition) is 3. The molecule has 4 nitrogen and oxygen atoms in total. The largest absolute Gasteiger partial charge is 0.493 e. The molecule has 0 aliphatic carbocycles. The molecule has 0 aliphatic rings. The second-order valence-electron chi connectivity index (χ2n) is 6.07. The molecule has 0 saturated carbocycles. The maximum atomic E-state index is 6.42. The smallest absolute Gasteiger partial charge is 0.180 e. The van der Waals surface area contributed by atoms with E-state index in [9.17, 15) is 0 Å². The van der Waals surface area contributed by atoms with E-state index in [1.807, 2.05) is 29.6 Å². The second kappa shape index (κ2) is 9.89. The average Bonchev–Trinajstić information content (AvgIpc) is 3.06. The molecule has 0 spiro atoms. The zero-order valence-electron chi connectivity index (χ0n) is 14.6. The van der Waals surface area contributed by atoms with Crippen LogP contribution in [0, 0.1) is 0 Å². The van der Waals surface area contributed by atoms with E-state index in [2.05, 4.69) is 19.4 Å². The molecule has 0 saturated heterocycles. The predicted octanol–water partition coefficient (Wildman–Crippen LogP) is 1.59. The Balaban J connectivity index is 1.93. The molecule has 6 heteroatoms. The standard InChI is InChI=1S/C18H25ClN2O2S/c1-21(2)8-5-7-20-12-14-10-16(19)18(17(11-14)22-3)23-13-15-6-4-9-24-15/h4,6,9-11,20H,5,7-8,12-13H2,1-3H3/p+2. The van der Waals surface area contributed by atoms with Gasteiger partial charge in [-0.05, 0) is 23.6 Å². The molecule has 0 fully saturated rings. The third kappa shape index (κ3) is 5.98. The average molecular weight is 371 g/mol. The Kier molecular flexibility index (Phi) is 7.85. The molecule has 24 heavy (non-hydrogen) atoms. The third-order valence-corrected chi connectivity index (χ3v) is 4.82. The van der Waals surface area contributed by atoms with Crippen molar-refractivity contribution in [3.05, 3.63) is 45.1 Å². The Morgan fingerprint density at radius 3 is 2.79 bits per heavy atom. The van der Waals surface area contributed by atoms with Crippen LogP contribution >= 0.6 is 22.9 Å². The van der Waals surface area contributed by atoms with Crippen molar-refractivity contribution in [2.24, 2.45) is 0 Å². The number of hydrogen-bond donors (Lipinski definition) is 2. The molecule has 0 bridgehead atoms. The SMILES string of the molecule is COc1cc(C[NH2+]CCC[NH+](C)C)cc(Cl)c1OCc1cccs1. The van der Waals surface area contributed by atoms with Gasteiger partial charge >= 0.3 is 0 Å². The van der Waals surface area contributed by atoms with E-state index >= 15 is 0 Å². The van der Waals surface area contributed by atoms with Crippen molar-refractivity contribution < 1.29 is 19.7 Å². The van der Waals surface area contributed by atoms with Crippen LogP contribution in [-0.4, -0.2) is 34.3 Å². The van der Waals surface area contributed by atoms with Crippen molar-refractivity contribution in [2.45, 2.75) is 19.6 Å². The molecule has 1 aromatic carbocycles. The highest BCUT2D eigenvalue weighted by atomic mass is 35.5. The van der Waals surface area contributed by atoms with Gasteiger partial charge in [-0.2, -0.15) is 0 Å². The molecule has 2 rings (SSSR count). The van der Waals surface area contributed by atoms with Crippen LogP contribution in [0.5, 0.6) is 11.5 Å². The summed E-state index contributed by atoms with van der Waals surface area (Å²) in [5, 5.41) is 4.95. The zero-order chi connectivity index (χ0) is 17.4. The summed E-state index contributed by atoms with van der Waals surface area (Å²) in [5.74, 6) is 1.31. The molecule has 2 aromatic rings. The highest BCUT2D eigenvalue weighted by molar-refractivity contribution is 7.09. The Labute approximate surface area is 153 Å². The van der Waals surface area contributed by atoms with Crippen LogP contribution in [0.1, 0.15) is 16.9 Å². The fourth-order valence-corrected chi connectivity index (χ4v) is 3.34. The lowest BCUT2D eigenvalue weighted by Crippen LogP contribution is -3.06. The number of methoxy groups -OCH3 is 1. The van der Waals surface area contributed by atoms with E-state index in [4.69, 9.17) is 21.1 Å². The number of nitrogens with two attached hydrogens (primary N) is 1. The van der Waals surface area contributed by atoms with Gasteiger partial charge < -0.3 is 19.7 Å². The van der Waals surface area contributed by atoms with E-state index in [1.165, 1.54) is 17.9 Å². The van der Waals surface area contributed by atoms with Crippen molar-refractivity contribution in [1.29, 1.82) is 0 Å². The molecule has 1 heterocycles. The molecule has 0 radical (unpaired) electrons. The summed E-state index contributed by atoms with van der Waals surface area (Å²) >= 11 is 8.08. The van der Waals surface area contributed by atoms with Gasteiger partial charge in [0, 0.05) is 16.9 Å². The van der Waals surface area contributed by atoms with Crippen LogP contribution in [0.2, 0.25) is 5.02 Å². The number of quaternary nitrogens is 2. The Bertz CT molecular complexity index is 618. The van der Waals surface area contributed by atoms with Crippen molar-refractivity contribution in [2.75, 3.05) is 34.3 Å². The lowest BCUT2D eigenvalue weighted by Gasteiger charge is -2.13. The van der Waals surface area contributed by atoms with E-state index in [1.54, 1.807) is 18.4 Å². The maximum Gasteiger partial charge on any atom is 0.180 e. The van der Waals surface area contributed by atoms with Gasteiger partial charge in [0.1, 0.15) is 13.2 Å². The van der Waals surface area contributed by atoms with Gasteiger partial charge in [-0.1, -0.05) is 17.7 Å². The summed E-state index contributed by atoms with van der Waals surface area (Å²) in [6.45, 7) is 3.70. The van der Waals surface area contributed by atoms with Crippen LogP contribution in [0.4, 0.5) is 0 Å². The van der Waals surface area contributed by atoms with Gasteiger partial charge in [0.25, 0.3) is 0 Å². The molecule has 3 N–H and O–H groups in total. The number of ether oxygens (including phenoxy) is 2. The zero-order valence-corrected chi connectivity index (χ0v) is 16.2. The first-order chi connectivity index (χ1) is 11.6. The summed E-state index contributed by atoms with van der Waals surface area (Å²) in [4.78, 5) is 2.65. The van der Waals surface area contributed by atoms with Crippen molar-refractivity contribution in [1.82, 2.24) is 0 Å². The van der Waals surface area contributed by atoms with Gasteiger partial charge in [-0.25, -0.2) is 0 Å². The minimum atomic E-state index is 0.506. The molecule has 0 unspecified atom stereocenters. The third-order valence-electron chi connectivity index (χ3n) is 3.69. The summed E-state index contributed by atoms with van der Waals surface area (Å²) in [6.07, 6.45) is 1.20. The normalized spacial score (nSPS) is 11.0. The van der Waals surface area contributed by atoms with Crippen molar-refractivity contribution in [3.8, 4) is 11.5 Å². The molecular formula is C18H27ClN2O2S+2. The monoisotopic (exact) mass is 370 g/mol. The quantitative estimate of drug-likeness (QED) is 0.623. The summed E-state index contributed by atoms with van der Waals surface area (Å²) < 4.78 is 11.3. The fourth-order valence-electron chi connectivity index (χ4n) is 2.44. The first-order valence-corrected chi connectivity index (χ1v) is 9.48. The van der Waals surface area contributed by atoms with E-state index in [0.29, 0.717) is 23.1 Å². The van der Waals surface area contributed by atoms with Gasteiger partial charge in [0.15, 0.2) is 11.5 Å². The highest BCUT2D eigenvalue weighted by Crippen LogP contribution is 2.37. The van der Waals surface area contributed by atoms with Crippen molar-refractivity contribution >= 4 is 22.9 Å². The van der Waals surface area contributed by atoms with Gasteiger partial charge in [0.2, 0.25) is 0 Å². The van der Waals surface area contributed by atoms with Crippen LogP contribution in [0.3, 0.4) is 0 Å². The van der Waals surface area contributed by atoms with Crippen LogP contribution < -0.4 is 19.7 Å². The van der Waals surface area contributed by atoms with Gasteiger partial charge in [-0.3, -0.25) is 0 Å². The van der Waals surface area contributed by atoms with Crippen LogP contribution in [0.25, 0.3) is 0 Å². The summed E-state index contributed by atoms with van der Waals surface area (Å²) in [5.41, 5.74) is 1.15.